The Bertz CT molecular complexity index is 1180. The first kappa shape index (κ1) is 22.4. The van der Waals surface area contributed by atoms with Crippen LogP contribution in [0, 0.1) is 0 Å². The molecule has 1 atom stereocenters. The molecule has 3 aromatic carbocycles. The van der Waals surface area contributed by atoms with Gasteiger partial charge in [-0.25, -0.2) is 4.98 Å². The van der Waals surface area contributed by atoms with E-state index in [1.807, 2.05) is 67.6 Å². The zero-order valence-corrected chi connectivity index (χ0v) is 18.9. The third kappa shape index (κ3) is 5.32. The minimum atomic E-state index is -0.504. The second-order valence-corrected chi connectivity index (χ2v) is 8.63. The lowest BCUT2D eigenvalue weighted by Gasteiger charge is -2.13. The standard InChI is InChI=1S/C26H24N4O2S/c1-2-21(25(32)28-20-15-13-19(14-16-20)24(27)31)33-26-29-22(17-9-5-3-6-10-17)23(30-26)18-11-7-4-8-12-18/h3-16,21H,2H2,1H3,(H2,27,31)(H,28,32)(H,29,30). The van der Waals surface area contributed by atoms with Crippen molar-refractivity contribution in [3.05, 3.63) is 90.5 Å². The first-order valence-electron chi connectivity index (χ1n) is 10.6. The second kappa shape index (κ2) is 10.2. The molecule has 0 bridgehead atoms. The molecule has 7 heteroatoms. The topological polar surface area (TPSA) is 101 Å². The largest absolute Gasteiger partial charge is 0.366 e. The summed E-state index contributed by atoms with van der Waals surface area (Å²) in [4.78, 5) is 32.4. The lowest BCUT2D eigenvalue weighted by Crippen LogP contribution is -2.24. The van der Waals surface area contributed by atoms with Gasteiger partial charge in [0, 0.05) is 22.4 Å². The minimum absolute atomic E-state index is 0.131. The van der Waals surface area contributed by atoms with Gasteiger partial charge in [-0.3, -0.25) is 9.59 Å². The van der Waals surface area contributed by atoms with E-state index < -0.39 is 5.91 Å². The number of hydrogen-bond donors (Lipinski definition) is 3. The Morgan fingerprint density at radius 1 is 0.939 bits per heavy atom. The van der Waals surface area contributed by atoms with Crippen molar-refractivity contribution in [3.63, 3.8) is 0 Å². The van der Waals surface area contributed by atoms with Gasteiger partial charge in [-0.2, -0.15) is 0 Å². The highest BCUT2D eigenvalue weighted by molar-refractivity contribution is 8.00. The van der Waals surface area contributed by atoms with Crippen LogP contribution in [0.3, 0.4) is 0 Å². The molecule has 1 aromatic heterocycles. The Balaban J connectivity index is 1.57. The summed E-state index contributed by atoms with van der Waals surface area (Å²) < 4.78 is 0. The molecule has 0 spiro atoms. The Kier molecular flexibility index (Phi) is 6.90. The molecule has 0 saturated carbocycles. The van der Waals surface area contributed by atoms with Crippen LogP contribution in [0.2, 0.25) is 0 Å². The molecule has 0 aliphatic heterocycles. The van der Waals surface area contributed by atoms with E-state index in [0.717, 1.165) is 22.5 Å². The predicted molar refractivity (Wildman–Crippen MR) is 133 cm³/mol. The monoisotopic (exact) mass is 456 g/mol. The number of aromatic nitrogens is 2. The summed E-state index contributed by atoms with van der Waals surface area (Å²) in [6, 6.07) is 26.5. The van der Waals surface area contributed by atoms with Gasteiger partial charge in [-0.1, -0.05) is 79.3 Å². The molecule has 6 nitrogen and oxygen atoms in total. The molecule has 4 N–H and O–H groups in total. The number of nitrogens with two attached hydrogens (primary N) is 1. The normalized spacial score (nSPS) is 11.7. The van der Waals surface area contributed by atoms with Gasteiger partial charge in [0.1, 0.15) is 0 Å². The van der Waals surface area contributed by atoms with Crippen molar-refractivity contribution < 1.29 is 9.59 Å². The molecule has 0 fully saturated rings. The molecule has 0 aliphatic carbocycles. The smallest absolute Gasteiger partial charge is 0.248 e. The highest BCUT2D eigenvalue weighted by Crippen LogP contribution is 2.34. The van der Waals surface area contributed by atoms with Crippen LogP contribution in [0.15, 0.2) is 90.1 Å². The molecule has 166 valence electrons. The average Bonchev–Trinajstić information content (AvgIpc) is 3.28. The summed E-state index contributed by atoms with van der Waals surface area (Å²) in [7, 11) is 0. The number of carbonyl (C=O) groups excluding carboxylic acids is 2. The lowest BCUT2D eigenvalue weighted by atomic mass is 10.1. The molecule has 0 saturated heterocycles. The van der Waals surface area contributed by atoms with Crippen molar-refractivity contribution in [2.24, 2.45) is 5.73 Å². The fraction of sp³-hybridized carbons (Fsp3) is 0.115. The van der Waals surface area contributed by atoms with E-state index >= 15 is 0 Å². The minimum Gasteiger partial charge on any atom is -0.366 e. The number of benzene rings is 3. The number of primary amides is 1. The van der Waals surface area contributed by atoms with Gasteiger partial charge in [0.15, 0.2) is 5.16 Å². The van der Waals surface area contributed by atoms with Crippen molar-refractivity contribution in [3.8, 4) is 22.5 Å². The summed E-state index contributed by atoms with van der Waals surface area (Å²) in [5.74, 6) is -0.635. The molecule has 4 aromatic rings. The van der Waals surface area contributed by atoms with E-state index in [1.165, 1.54) is 11.8 Å². The molecule has 1 heterocycles. The van der Waals surface area contributed by atoms with Crippen molar-refractivity contribution in [1.29, 1.82) is 0 Å². The van der Waals surface area contributed by atoms with Crippen LogP contribution in [-0.2, 0) is 4.79 Å². The Morgan fingerprint density at radius 2 is 1.55 bits per heavy atom. The third-order valence-corrected chi connectivity index (χ3v) is 6.39. The summed E-state index contributed by atoms with van der Waals surface area (Å²) in [6.45, 7) is 1.96. The van der Waals surface area contributed by atoms with Crippen LogP contribution in [-0.4, -0.2) is 27.0 Å². The van der Waals surface area contributed by atoms with Crippen LogP contribution >= 0.6 is 11.8 Å². The molecule has 1 unspecified atom stereocenters. The highest BCUT2D eigenvalue weighted by Gasteiger charge is 2.22. The molecule has 33 heavy (non-hydrogen) atoms. The number of rotatable bonds is 8. The van der Waals surface area contributed by atoms with Gasteiger partial charge in [0.25, 0.3) is 0 Å². The summed E-state index contributed by atoms with van der Waals surface area (Å²) in [5, 5.41) is 3.24. The fourth-order valence-corrected chi connectivity index (χ4v) is 4.33. The van der Waals surface area contributed by atoms with E-state index in [-0.39, 0.29) is 11.2 Å². The van der Waals surface area contributed by atoms with Crippen molar-refractivity contribution in [1.82, 2.24) is 9.97 Å². The number of thioether (sulfide) groups is 1. The number of imidazole rings is 1. The Morgan fingerprint density at radius 3 is 2.12 bits per heavy atom. The predicted octanol–water partition coefficient (Wildman–Crippen LogP) is 5.35. The zero-order valence-electron chi connectivity index (χ0n) is 18.1. The van der Waals surface area contributed by atoms with Crippen molar-refractivity contribution in [2.75, 3.05) is 5.32 Å². The van der Waals surface area contributed by atoms with Crippen LogP contribution in [0.25, 0.3) is 22.5 Å². The summed E-state index contributed by atoms with van der Waals surface area (Å²) in [5.41, 5.74) is 10.1. The van der Waals surface area contributed by atoms with Gasteiger partial charge >= 0.3 is 0 Å². The third-order valence-electron chi connectivity index (χ3n) is 5.15. The Labute approximate surface area is 196 Å². The van der Waals surface area contributed by atoms with E-state index in [1.54, 1.807) is 24.3 Å². The maximum atomic E-state index is 12.9. The molecule has 0 radical (unpaired) electrons. The van der Waals surface area contributed by atoms with Crippen molar-refractivity contribution >= 4 is 29.3 Å². The van der Waals surface area contributed by atoms with Crippen LogP contribution in [0.1, 0.15) is 23.7 Å². The number of nitrogens with one attached hydrogen (secondary N) is 2. The van der Waals surface area contributed by atoms with Gasteiger partial charge in [-0.15, -0.1) is 0 Å². The number of anilines is 1. The average molecular weight is 457 g/mol. The Hall–Kier alpha value is -3.84. The first-order chi connectivity index (χ1) is 16.0. The van der Waals surface area contributed by atoms with Crippen LogP contribution < -0.4 is 11.1 Å². The van der Waals surface area contributed by atoms with Gasteiger partial charge < -0.3 is 16.0 Å². The van der Waals surface area contributed by atoms with Gasteiger partial charge in [-0.05, 0) is 30.7 Å². The number of H-pyrrole nitrogens is 1. The molecule has 0 aliphatic rings. The highest BCUT2D eigenvalue weighted by atomic mass is 32.2. The number of nitrogens with zero attached hydrogens (tertiary/aromatic N) is 1. The second-order valence-electron chi connectivity index (χ2n) is 7.44. The van der Waals surface area contributed by atoms with E-state index in [2.05, 4.69) is 10.3 Å². The van der Waals surface area contributed by atoms with Crippen molar-refractivity contribution in [2.45, 2.75) is 23.8 Å². The number of carbonyl (C=O) groups is 2. The first-order valence-corrected chi connectivity index (χ1v) is 11.5. The fourth-order valence-electron chi connectivity index (χ4n) is 3.42. The van der Waals surface area contributed by atoms with Crippen LogP contribution in [0.4, 0.5) is 5.69 Å². The maximum Gasteiger partial charge on any atom is 0.248 e. The molecule has 2 amide bonds. The van der Waals surface area contributed by atoms with E-state index in [4.69, 9.17) is 10.7 Å². The lowest BCUT2D eigenvalue weighted by molar-refractivity contribution is -0.115. The van der Waals surface area contributed by atoms with Gasteiger partial charge in [0.05, 0.1) is 16.6 Å². The summed E-state index contributed by atoms with van der Waals surface area (Å²) in [6.07, 6.45) is 0.623. The molecule has 4 rings (SSSR count). The van der Waals surface area contributed by atoms with E-state index in [9.17, 15) is 9.59 Å². The zero-order chi connectivity index (χ0) is 23.2. The quantitative estimate of drug-likeness (QED) is 0.311. The number of amides is 2. The van der Waals surface area contributed by atoms with Crippen LogP contribution in [0.5, 0.6) is 0 Å². The van der Waals surface area contributed by atoms with Gasteiger partial charge in [0.2, 0.25) is 11.8 Å². The maximum absolute atomic E-state index is 12.9. The number of aromatic amines is 1. The SMILES string of the molecule is CCC(Sc1nc(-c2ccccc2)c(-c2ccccc2)[nH]1)C(=O)Nc1ccc(C(N)=O)cc1. The molecular formula is C26H24N4O2S. The molecular weight excluding hydrogens is 432 g/mol. The number of hydrogen-bond acceptors (Lipinski definition) is 4. The van der Waals surface area contributed by atoms with E-state index in [0.29, 0.717) is 22.8 Å². The summed E-state index contributed by atoms with van der Waals surface area (Å²) >= 11 is 1.40.